The summed E-state index contributed by atoms with van der Waals surface area (Å²) < 4.78 is 41.6. The average Bonchev–Trinajstić information content (AvgIpc) is 2.99. The molecule has 0 aliphatic carbocycles. The Kier molecular flexibility index (Phi) is 4.65. The molecule has 0 saturated carbocycles. The monoisotopic (exact) mass is 373 g/mol. The first-order chi connectivity index (χ1) is 12.7. The van der Waals surface area contributed by atoms with Gasteiger partial charge in [0.2, 0.25) is 0 Å². The van der Waals surface area contributed by atoms with Crippen molar-refractivity contribution in [2.24, 2.45) is 0 Å². The molecule has 0 unspecified atom stereocenters. The minimum Gasteiger partial charge on any atom is -0.383 e. The summed E-state index contributed by atoms with van der Waals surface area (Å²) in [5.41, 5.74) is 6.22. The zero-order valence-corrected chi connectivity index (χ0v) is 14.7. The third-order valence-electron chi connectivity index (χ3n) is 4.12. The number of benzene rings is 2. The van der Waals surface area contributed by atoms with E-state index in [9.17, 15) is 13.2 Å². The molecule has 0 saturated heterocycles. The summed E-state index contributed by atoms with van der Waals surface area (Å²) in [5.74, 6) is -0.455. The summed E-state index contributed by atoms with van der Waals surface area (Å²) in [7, 11) is 3.67. The molecule has 0 fully saturated rings. The van der Waals surface area contributed by atoms with Gasteiger partial charge < -0.3 is 10.6 Å². The van der Waals surface area contributed by atoms with Crippen LogP contribution in [0.4, 0.5) is 24.7 Å². The van der Waals surface area contributed by atoms with E-state index in [1.165, 1.54) is 0 Å². The van der Waals surface area contributed by atoms with Crippen LogP contribution in [0.3, 0.4) is 0 Å². The Hall–Kier alpha value is -3.29. The van der Waals surface area contributed by atoms with Gasteiger partial charge in [-0.1, -0.05) is 42.5 Å². The summed E-state index contributed by atoms with van der Waals surface area (Å²) in [6.07, 6.45) is -4.70. The van der Waals surface area contributed by atoms with Crippen LogP contribution < -0.4 is 10.6 Å². The predicted molar refractivity (Wildman–Crippen MR) is 100 cm³/mol. The van der Waals surface area contributed by atoms with E-state index in [1.54, 1.807) is 54.6 Å². The van der Waals surface area contributed by atoms with Crippen molar-refractivity contribution in [3.8, 4) is 11.1 Å². The van der Waals surface area contributed by atoms with E-state index in [4.69, 9.17) is 11.1 Å². The van der Waals surface area contributed by atoms with Crippen molar-refractivity contribution in [2.75, 3.05) is 24.7 Å². The number of nitrogens with one attached hydrogen (secondary N) is 1. The maximum Gasteiger partial charge on any atom is 0.435 e. The Morgan fingerprint density at radius 1 is 1.04 bits per heavy atom. The van der Waals surface area contributed by atoms with Gasteiger partial charge in [0.05, 0.1) is 5.56 Å². The minimum absolute atomic E-state index is 0.227. The average molecular weight is 373 g/mol. The number of halogens is 3. The lowest BCUT2D eigenvalue weighted by Crippen LogP contribution is -2.17. The van der Waals surface area contributed by atoms with Crippen molar-refractivity contribution in [3.05, 3.63) is 65.9 Å². The molecule has 0 radical (unpaired) electrons. The number of aromatic nitrogens is 2. The number of alkyl halides is 3. The Morgan fingerprint density at radius 2 is 1.63 bits per heavy atom. The predicted octanol–water partition coefficient (Wildman–Crippen LogP) is 4.09. The number of nitrogens with zero attached hydrogens (tertiary/aromatic N) is 3. The molecule has 0 spiro atoms. The third-order valence-corrected chi connectivity index (χ3v) is 4.12. The molecule has 3 rings (SSSR count). The molecule has 0 aliphatic rings. The summed E-state index contributed by atoms with van der Waals surface area (Å²) in [5, 5.41) is 11.8. The van der Waals surface area contributed by atoms with E-state index in [0.29, 0.717) is 5.56 Å². The largest absolute Gasteiger partial charge is 0.435 e. The number of nitrogen functional groups attached to an aromatic ring is 1. The highest BCUT2D eigenvalue weighted by molar-refractivity contribution is 6.00. The number of anilines is 2. The second kappa shape index (κ2) is 6.79. The van der Waals surface area contributed by atoms with Crippen molar-refractivity contribution in [1.29, 1.82) is 5.41 Å². The van der Waals surface area contributed by atoms with E-state index >= 15 is 0 Å². The molecule has 27 heavy (non-hydrogen) atoms. The Morgan fingerprint density at radius 3 is 2.15 bits per heavy atom. The maximum atomic E-state index is 13.6. The fraction of sp³-hybridized carbons (Fsp3) is 0.158. The van der Waals surface area contributed by atoms with Crippen LogP contribution in [-0.2, 0) is 6.18 Å². The molecule has 3 N–H and O–H groups in total. The first kappa shape index (κ1) is 18.5. The second-order valence-corrected chi connectivity index (χ2v) is 6.17. The van der Waals surface area contributed by atoms with Gasteiger partial charge in [-0.05, 0) is 17.7 Å². The van der Waals surface area contributed by atoms with E-state index in [-0.39, 0.29) is 22.8 Å². The van der Waals surface area contributed by atoms with Crippen LogP contribution in [0, 0.1) is 5.41 Å². The first-order valence-corrected chi connectivity index (χ1v) is 8.08. The van der Waals surface area contributed by atoms with Crippen LogP contribution >= 0.6 is 0 Å². The van der Waals surface area contributed by atoms with Gasteiger partial charge in [0, 0.05) is 25.3 Å². The molecule has 0 aliphatic heterocycles. The van der Waals surface area contributed by atoms with Gasteiger partial charge in [-0.2, -0.15) is 23.0 Å². The molecule has 140 valence electrons. The summed E-state index contributed by atoms with van der Waals surface area (Å²) >= 11 is 0. The molecule has 8 heteroatoms. The van der Waals surface area contributed by atoms with Gasteiger partial charge in [-0.3, -0.25) is 5.41 Å². The zero-order chi connectivity index (χ0) is 19.8. The van der Waals surface area contributed by atoms with Gasteiger partial charge >= 0.3 is 6.18 Å². The van der Waals surface area contributed by atoms with Crippen LogP contribution in [-0.4, -0.2) is 29.7 Å². The molecule has 1 aromatic heterocycles. The van der Waals surface area contributed by atoms with Crippen LogP contribution in [0.15, 0.2) is 54.6 Å². The van der Waals surface area contributed by atoms with E-state index < -0.39 is 11.9 Å². The van der Waals surface area contributed by atoms with Crippen molar-refractivity contribution in [3.63, 3.8) is 0 Å². The van der Waals surface area contributed by atoms with Crippen molar-refractivity contribution >= 4 is 17.3 Å². The van der Waals surface area contributed by atoms with Gasteiger partial charge in [0.25, 0.3) is 0 Å². The SMILES string of the molecule is CN(C)c1ccc(-c2c(C(F)(F)F)nn(C(=N)c3ccccc3)c2N)cc1. The molecule has 2 aromatic carbocycles. The zero-order valence-electron chi connectivity index (χ0n) is 14.7. The first-order valence-electron chi connectivity index (χ1n) is 8.08. The van der Waals surface area contributed by atoms with E-state index in [1.807, 2.05) is 19.0 Å². The van der Waals surface area contributed by atoms with Gasteiger partial charge in [0.15, 0.2) is 11.5 Å². The molecule has 3 aromatic rings. The van der Waals surface area contributed by atoms with Crippen molar-refractivity contribution in [1.82, 2.24) is 9.78 Å². The quantitative estimate of drug-likeness (QED) is 0.537. The molecule has 0 amide bonds. The highest BCUT2D eigenvalue weighted by atomic mass is 19.4. The van der Waals surface area contributed by atoms with Crippen LogP contribution in [0.25, 0.3) is 11.1 Å². The van der Waals surface area contributed by atoms with E-state index in [2.05, 4.69) is 5.10 Å². The number of hydrogen-bond acceptors (Lipinski definition) is 4. The number of rotatable bonds is 3. The fourth-order valence-corrected chi connectivity index (χ4v) is 2.73. The highest BCUT2D eigenvalue weighted by Gasteiger charge is 2.40. The standard InChI is InChI=1S/C19H18F3N5/c1-26(2)14-10-8-12(9-11-14)15-16(19(20,21)22)25-27(18(15)24)17(23)13-6-4-3-5-7-13/h3-11,23H,24H2,1-2H3. The number of nitrogens with two attached hydrogens (primary N) is 1. The summed E-state index contributed by atoms with van der Waals surface area (Å²) in [6.45, 7) is 0. The van der Waals surface area contributed by atoms with Crippen molar-refractivity contribution < 1.29 is 13.2 Å². The third kappa shape index (κ3) is 3.51. The van der Waals surface area contributed by atoms with Gasteiger partial charge in [0.1, 0.15) is 5.82 Å². The molecule has 5 nitrogen and oxygen atoms in total. The fourth-order valence-electron chi connectivity index (χ4n) is 2.73. The minimum atomic E-state index is -4.70. The Balaban J connectivity index is 2.16. The molecule has 1 heterocycles. The molecular weight excluding hydrogens is 355 g/mol. The maximum absolute atomic E-state index is 13.6. The molecular formula is C19H18F3N5. The smallest absolute Gasteiger partial charge is 0.383 e. The number of hydrogen-bond donors (Lipinski definition) is 2. The van der Waals surface area contributed by atoms with E-state index in [0.717, 1.165) is 10.4 Å². The molecule has 0 bridgehead atoms. The highest BCUT2D eigenvalue weighted by Crippen LogP contribution is 2.40. The van der Waals surface area contributed by atoms with Crippen molar-refractivity contribution in [2.45, 2.75) is 6.18 Å². The Bertz CT molecular complexity index is 958. The lowest BCUT2D eigenvalue weighted by molar-refractivity contribution is -0.140. The van der Waals surface area contributed by atoms with Crippen LogP contribution in [0.2, 0.25) is 0 Å². The Labute approximate surface area is 154 Å². The van der Waals surface area contributed by atoms with Crippen LogP contribution in [0.5, 0.6) is 0 Å². The lowest BCUT2D eigenvalue weighted by atomic mass is 10.0. The molecule has 0 atom stereocenters. The summed E-state index contributed by atoms with van der Waals surface area (Å²) in [4.78, 5) is 1.84. The van der Waals surface area contributed by atoms with Crippen LogP contribution in [0.1, 0.15) is 11.3 Å². The summed E-state index contributed by atoms with van der Waals surface area (Å²) in [6, 6.07) is 14.9. The second-order valence-electron chi connectivity index (χ2n) is 6.17. The normalized spacial score (nSPS) is 11.4. The lowest BCUT2D eigenvalue weighted by Gasteiger charge is -2.13. The van der Waals surface area contributed by atoms with Gasteiger partial charge in [-0.25, -0.2) is 0 Å². The van der Waals surface area contributed by atoms with Gasteiger partial charge in [-0.15, -0.1) is 0 Å². The topological polar surface area (TPSA) is 70.9 Å².